The summed E-state index contributed by atoms with van der Waals surface area (Å²) in [5.41, 5.74) is 3.03. The molecule has 0 saturated heterocycles. The smallest absolute Gasteiger partial charge is 0.303 e. The monoisotopic (exact) mass is 369 g/mol. The molecule has 4 nitrogen and oxygen atoms in total. The van der Waals surface area contributed by atoms with Gasteiger partial charge in [0, 0.05) is 6.42 Å². The predicted octanol–water partition coefficient (Wildman–Crippen LogP) is 5.31. The van der Waals surface area contributed by atoms with Crippen LogP contribution in [0.5, 0.6) is 5.75 Å². The summed E-state index contributed by atoms with van der Waals surface area (Å²) in [4.78, 5) is 10.2. The van der Waals surface area contributed by atoms with Gasteiger partial charge in [0.15, 0.2) is 0 Å². The van der Waals surface area contributed by atoms with Crippen LogP contribution >= 0.6 is 0 Å². The molecule has 0 unspecified atom stereocenters. The molecular formula is C22H24FNO3. The average Bonchev–Trinajstić information content (AvgIpc) is 2.64. The molecule has 0 saturated carbocycles. The molecule has 0 radical (unpaired) electrons. The van der Waals surface area contributed by atoms with Crippen molar-refractivity contribution in [3.8, 4) is 11.8 Å². The van der Waals surface area contributed by atoms with E-state index >= 15 is 0 Å². The Morgan fingerprint density at radius 3 is 2.56 bits per heavy atom. The van der Waals surface area contributed by atoms with E-state index < -0.39 is 5.97 Å². The number of rotatable bonds is 7. The summed E-state index contributed by atoms with van der Waals surface area (Å²) in [6.07, 6.45) is 3.53. The summed E-state index contributed by atoms with van der Waals surface area (Å²) in [6, 6.07) is 12.9. The van der Waals surface area contributed by atoms with Crippen LogP contribution in [0.4, 0.5) is 4.39 Å². The number of halogens is 1. The minimum absolute atomic E-state index is 0.0451. The molecule has 0 aliphatic rings. The number of hydrogen-bond acceptors (Lipinski definition) is 3. The van der Waals surface area contributed by atoms with Crippen LogP contribution in [0.15, 0.2) is 49.0 Å². The number of allylic oxidation sites excluding steroid dienone is 1. The van der Waals surface area contributed by atoms with Gasteiger partial charge in [-0.3, -0.25) is 4.79 Å². The zero-order valence-electron chi connectivity index (χ0n) is 15.4. The van der Waals surface area contributed by atoms with Gasteiger partial charge in [-0.1, -0.05) is 32.1 Å². The van der Waals surface area contributed by atoms with Crippen LogP contribution in [-0.2, 0) is 11.2 Å². The van der Waals surface area contributed by atoms with Gasteiger partial charge >= 0.3 is 5.97 Å². The van der Waals surface area contributed by atoms with E-state index in [-0.39, 0.29) is 18.0 Å². The van der Waals surface area contributed by atoms with E-state index in [4.69, 9.17) is 10.4 Å². The van der Waals surface area contributed by atoms with Crippen LogP contribution in [0.2, 0.25) is 0 Å². The summed E-state index contributed by atoms with van der Waals surface area (Å²) in [7, 11) is 0. The van der Waals surface area contributed by atoms with Crippen molar-refractivity contribution in [1.29, 1.82) is 5.26 Å². The topological polar surface area (TPSA) is 81.3 Å². The number of carboxylic acid groups (broad SMARTS) is 1. The van der Waals surface area contributed by atoms with E-state index in [0.717, 1.165) is 36.0 Å². The average molecular weight is 369 g/mol. The quantitative estimate of drug-likeness (QED) is 0.693. The van der Waals surface area contributed by atoms with Crippen molar-refractivity contribution >= 4 is 11.5 Å². The van der Waals surface area contributed by atoms with Gasteiger partial charge in [-0.25, -0.2) is 4.39 Å². The van der Waals surface area contributed by atoms with Crippen molar-refractivity contribution in [2.75, 3.05) is 0 Å². The first-order valence-electron chi connectivity index (χ1n) is 8.74. The first-order valence-corrected chi connectivity index (χ1v) is 8.74. The normalized spacial score (nSPS) is 9.67. The molecular weight excluding hydrogens is 345 g/mol. The molecule has 0 fully saturated rings. The van der Waals surface area contributed by atoms with Crippen molar-refractivity contribution < 1.29 is 19.4 Å². The molecule has 0 bridgehead atoms. The molecule has 2 N–H and O–H groups in total. The Labute approximate surface area is 159 Å². The van der Waals surface area contributed by atoms with Gasteiger partial charge in [0.25, 0.3) is 0 Å². The van der Waals surface area contributed by atoms with Crippen LogP contribution in [0, 0.1) is 17.1 Å². The van der Waals surface area contributed by atoms with Gasteiger partial charge < -0.3 is 10.2 Å². The molecule has 0 spiro atoms. The number of hydrogen-bond donors (Lipinski definition) is 2. The van der Waals surface area contributed by atoms with E-state index in [0.29, 0.717) is 12.0 Å². The van der Waals surface area contributed by atoms with Crippen LogP contribution in [-0.4, -0.2) is 16.2 Å². The largest absolute Gasteiger partial charge is 0.508 e. The Bertz CT molecular complexity index is 825. The first kappa shape index (κ1) is 21.9. The number of phenols is 1. The number of unbranched alkanes of at least 4 members (excludes halogenated alkanes) is 1. The maximum atomic E-state index is 12.5. The number of nitrogens with zero attached hydrogens (tertiary/aromatic N) is 1. The Hall–Kier alpha value is -3.13. The Morgan fingerprint density at radius 2 is 1.96 bits per heavy atom. The minimum atomic E-state index is -0.862. The second kappa shape index (κ2) is 11.5. The number of nitriles is 1. The summed E-state index contributed by atoms with van der Waals surface area (Å²) >= 11 is 0. The zero-order valence-corrected chi connectivity index (χ0v) is 15.4. The van der Waals surface area contributed by atoms with Crippen LogP contribution in [0.1, 0.15) is 49.3 Å². The Morgan fingerprint density at radius 1 is 1.22 bits per heavy atom. The zero-order chi connectivity index (χ0) is 20.2. The molecule has 2 aromatic rings. The maximum Gasteiger partial charge on any atom is 0.303 e. The van der Waals surface area contributed by atoms with Crippen molar-refractivity contribution in [3.05, 3.63) is 71.6 Å². The summed E-state index contributed by atoms with van der Waals surface area (Å²) in [5.74, 6) is -1.06. The molecule has 0 heterocycles. The van der Waals surface area contributed by atoms with Gasteiger partial charge in [-0.05, 0) is 66.3 Å². The van der Waals surface area contributed by atoms with Crippen molar-refractivity contribution in [1.82, 2.24) is 0 Å². The second-order valence-electron chi connectivity index (χ2n) is 6.11. The fraction of sp³-hybridized carbons (Fsp3) is 0.273. The Balaban J connectivity index is 0.000000277. The van der Waals surface area contributed by atoms with E-state index in [9.17, 15) is 14.3 Å². The highest BCUT2D eigenvalue weighted by Crippen LogP contribution is 2.24. The van der Waals surface area contributed by atoms with E-state index in [2.05, 4.69) is 13.5 Å². The molecule has 0 aliphatic carbocycles. The lowest BCUT2D eigenvalue weighted by atomic mass is 10.00. The van der Waals surface area contributed by atoms with Gasteiger partial charge in [0.05, 0.1) is 11.6 Å². The Kier molecular flexibility index (Phi) is 9.32. The predicted molar refractivity (Wildman–Crippen MR) is 104 cm³/mol. The molecule has 142 valence electrons. The number of aromatic hydroxyl groups is 1. The third-order valence-electron chi connectivity index (χ3n) is 3.80. The number of aryl methyl sites for hydroxylation is 1. The molecule has 0 amide bonds. The van der Waals surface area contributed by atoms with Crippen LogP contribution in [0.3, 0.4) is 0 Å². The first-order chi connectivity index (χ1) is 12.8. The lowest BCUT2D eigenvalue weighted by Crippen LogP contribution is -1.97. The molecule has 2 aromatic carbocycles. The molecule has 0 atom stereocenters. The van der Waals surface area contributed by atoms with Crippen LogP contribution in [0.25, 0.3) is 5.57 Å². The summed E-state index contributed by atoms with van der Waals surface area (Å²) in [6.45, 7) is 6.08. The third kappa shape index (κ3) is 8.68. The summed E-state index contributed by atoms with van der Waals surface area (Å²) < 4.78 is 12.5. The molecule has 0 aliphatic heterocycles. The van der Waals surface area contributed by atoms with E-state index in [1.165, 1.54) is 18.2 Å². The lowest BCUT2D eigenvalue weighted by molar-refractivity contribution is -0.136. The van der Waals surface area contributed by atoms with E-state index in [1.807, 2.05) is 6.07 Å². The molecule has 2 rings (SSSR count). The fourth-order valence-corrected chi connectivity index (χ4v) is 2.36. The molecule has 27 heavy (non-hydrogen) atoms. The number of aliphatic carboxylic acids is 1. The lowest BCUT2D eigenvalue weighted by Gasteiger charge is -2.06. The summed E-state index contributed by atoms with van der Waals surface area (Å²) in [5, 5.41) is 26.5. The minimum Gasteiger partial charge on any atom is -0.508 e. The SMILES string of the molecule is C=C(CCCC)c1cc(O)cc(C#N)c1.O=C(O)CCc1cccc(F)c1. The number of benzene rings is 2. The van der Waals surface area contributed by atoms with Gasteiger partial charge in [-0.2, -0.15) is 5.26 Å². The highest BCUT2D eigenvalue weighted by Gasteiger charge is 2.03. The molecule has 5 heteroatoms. The number of carbonyl (C=O) groups is 1. The molecule has 0 aromatic heterocycles. The van der Waals surface area contributed by atoms with Gasteiger partial charge in [-0.15, -0.1) is 0 Å². The highest BCUT2D eigenvalue weighted by atomic mass is 19.1. The number of phenolic OH excluding ortho intramolecular Hbond substituents is 1. The second-order valence-corrected chi connectivity index (χ2v) is 6.11. The van der Waals surface area contributed by atoms with E-state index in [1.54, 1.807) is 24.3 Å². The van der Waals surface area contributed by atoms with Crippen molar-refractivity contribution in [2.24, 2.45) is 0 Å². The standard InChI is InChI=1S/C13H15NO.C9H9FO2/c1-3-4-5-10(2)12-6-11(9-14)7-13(15)8-12;10-8-3-1-2-7(6-8)4-5-9(11)12/h6-8,15H,2-5H2,1H3;1-3,6H,4-5H2,(H,11,12). The number of carboxylic acids is 1. The fourth-order valence-electron chi connectivity index (χ4n) is 2.36. The van der Waals surface area contributed by atoms with Crippen molar-refractivity contribution in [2.45, 2.75) is 39.0 Å². The van der Waals surface area contributed by atoms with Gasteiger partial charge in [0.2, 0.25) is 0 Å². The van der Waals surface area contributed by atoms with Crippen molar-refractivity contribution in [3.63, 3.8) is 0 Å². The third-order valence-corrected chi connectivity index (χ3v) is 3.80. The highest BCUT2D eigenvalue weighted by molar-refractivity contribution is 5.67. The van der Waals surface area contributed by atoms with Crippen LogP contribution < -0.4 is 0 Å². The van der Waals surface area contributed by atoms with Gasteiger partial charge in [0.1, 0.15) is 11.6 Å². The maximum absolute atomic E-state index is 12.5.